The normalized spacial score (nSPS) is 10.4. The second-order valence-electron chi connectivity index (χ2n) is 4.94. The quantitative estimate of drug-likeness (QED) is 0.780. The third-order valence-corrected chi connectivity index (χ3v) is 3.98. The number of hydrogen-bond donors (Lipinski definition) is 1. The molecule has 0 unspecified atom stereocenters. The van der Waals surface area contributed by atoms with Crippen molar-refractivity contribution < 1.29 is 14.3 Å². The molecule has 1 heterocycles. The van der Waals surface area contributed by atoms with Gasteiger partial charge in [-0.2, -0.15) is 5.26 Å². The summed E-state index contributed by atoms with van der Waals surface area (Å²) in [5.74, 6) is -0.565. The Bertz CT molecular complexity index is 604. The Hall–Kier alpha value is -2.11. The van der Waals surface area contributed by atoms with Crippen LogP contribution in [0.3, 0.4) is 0 Å². The van der Waals surface area contributed by atoms with E-state index in [0.717, 1.165) is 11.3 Å². The maximum Gasteiger partial charge on any atom is 0.348 e. The molecule has 22 heavy (non-hydrogen) atoms. The molecule has 0 atom stereocenters. The van der Waals surface area contributed by atoms with Crippen LogP contribution in [0.5, 0.6) is 0 Å². The van der Waals surface area contributed by atoms with E-state index in [-0.39, 0.29) is 36.2 Å². The average Bonchev–Trinajstić information content (AvgIpc) is 2.74. The molecule has 1 rings (SSSR count). The van der Waals surface area contributed by atoms with Crippen molar-refractivity contribution in [3.05, 3.63) is 16.0 Å². The Balaban J connectivity index is 3.04. The number of thiophene rings is 1. The zero-order chi connectivity index (χ0) is 16.9. The lowest BCUT2D eigenvalue weighted by Gasteiger charge is -2.19. The summed E-state index contributed by atoms with van der Waals surface area (Å²) < 4.78 is 5.00. The minimum Gasteiger partial charge on any atom is -0.462 e. The zero-order valence-electron chi connectivity index (χ0n) is 13.2. The van der Waals surface area contributed by atoms with Crippen molar-refractivity contribution in [1.29, 1.82) is 5.26 Å². The summed E-state index contributed by atoms with van der Waals surface area (Å²) in [5.41, 5.74) is 6.59. The fourth-order valence-corrected chi connectivity index (χ4v) is 2.74. The van der Waals surface area contributed by atoms with Crippen molar-refractivity contribution in [1.82, 2.24) is 9.80 Å². The SMILES string of the molecule is CCOC(=O)c1sc(N)c(C#N)c1CN(C)CC(=O)N(C)C. The summed E-state index contributed by atoms with van der Waals surface area (Å²) in [7, 11) is 5.08. The van der Waals surface area contributed by atoms with Gasteiger partial charge in [0, 0.05) is 26.2 Å². The smallest absolute Gasteiger partial charge is 0.348 e. The highest BCUT2D eigenvalue weighted by Gasteiger charge is 2.24. The number of likely N-dealkylation sites (N-methyl/N-ethyl adjacent to an activating group) is 2. The second-order valence-corrected chi connectivity index (χ2v) is 5.99. The van der Waals surface area contributed by atoms with E-state index < -0.39 is 5.97 Å². The predicted octanol–water partition coefficient (Wildman–Crippen LogP) is 0.899. The number of ether oxygens (including phenoxy) is 1. The molecule has 0 spiro atoms. The number of rotatable bonds is 6. The van der Waals surface area contributed by atoms with Crippen LogP contribution in [0, 0.1) is 11.3 Å². The van der Waals surface area contributed by atoms with Crippen molar-refractivity contribution in [2.45, 2.75) is 13.5 Å². The van der Waals surface area contributed by atoms with Crippen molar-refractivity contribution in [3.8, 4) is 6.07 Å². The van der Waals surface area contributed by atoms with Gasteiger partial charge >= 0.3 is 5.97 Å². The molecule has 0 aliphatic rings. The summed E-state index contributed by atoms with van der Waals surface area (Å²) in [6.07, 6.45) is 0. The van der Waals surface area contributed by atoms with Gasteiger partial charge in [0.2, 0.25) is 5.91 Å². The highest BCUT2D eigenvalue weighted by atomic mass is 32.1. The molecule has 2 N–H and O–H groups in total. The van der Waals surface area contributed by atoms with Crippen molar-refractivity contribution in [2.75, 3.05) is 40.0 Å². The van der Waals surface area contributed by atoms with Gasteiger partial charge < -0.3 is 15.4 Å². The summed E-state index contributed by atoms with van der Waals surface area (Å²) in [4.78, 5) is 27.2. The zero-order valence-corrected chi connectivity index (χ0v) is 14.0. The molecule has 1 aromatic rings. The van der Waals surface area contributed by atoms with E-state index in [1.807, 2.05) is 6.07 Å². The molecule has 0 saturated carbocycles. The number of anilines is 1. The molecule has 1 amide bonds. The van der Waals surface area contributed by atoms with Gasteiger partial charge in [0.25, 0.3) is 0 Å². The van der Waals surface area contributed by atoms with Crippen LogP contribution in [0.25, 0.3) is 0 Å². The van der Waals surface area contributed by atoms with Gasteiger partial charge in [0.05, 0.1) is 18.7 Å². The number of nitrogens with zero attached hydrogens (tertiary/aromatic N) is 3. The second kappa shape index (κ2) is 7.77. The molecule has 7 nitrogen and oxygen atoms in total. The number of nitriles is 1. The standard InChI is InChI=1S/C14H20N4O3S/c1-5-21-14(20)12-10(9(6-15)13(16)22-12)7-18(4)8-11(19)17(2)3/h5,7-8,16H2,1-4H3. The van der Waals surface area contributed by atoms with E-state index in [1.165, 1.54) is 4.90 Å². The number of hydrogen-bond acceptors (Lipinski definition) is 7. The van der Waals surface area contributed by atoms with Crippen LogP contribution in [-0.2, 0) is 16.1 Å². The molecule has 120 valence electrons. The fraction of sp³-hybridized carbons (Fsp3) is 0.500. The lowest BCUT2D eigenvalue weighted by Crippen LogP contribution is -2.34. The highest BCUT2D eigenvalue weighted by molar-refractivity contribution is 7.18. The first kappa shape index (κ1) is 17.9. The molecule has 0 aliphatic carbocycles. The number of amides is 1. The first-order valence-corrected chi connectivity index (χ1v) is 7.50. The Morgan fingerprint density at radius 2 is 2.00 bits per heavy atom. The Morgan fingerprint density at radius 1 is 1.36 bits per heavy atom. The monoisotopic (exact) mass is 324 g/mol. The minimum absolute atomic E-state index is 0.0677. The van der Waals surface area contributed by atoms with Crippen LogP contribution in [0.15, 0.2) is 0 Å². The van der Waals surface area contributed by atoms with E-state index in [2.05, 4.69) is 0 Å². The molecule has 0 radical (unpaired) electrons. The molecule has 0 bridgehead atoms. The van der Waals surface area contributed by atoms with Gasteiger partial charge in [0.1, 0.15) is 15.9 Å². The van der Waals surface area contributed by atoms with Crippen LogP contribution in [0.2, 0.25) is 0 Å². The minimum atomic E-state index is -0.497. The molecule has 0 fully saturated rings. The number of nitrogens with two attached hydrogens (primary N) is 1. The van der Waals surface area contributed by atoms with Crippen molar-refractivity contribution in [2.24, 2.45) is 0 Å². The third-order valence-electron chi connectivity index (χ3n) is 2.94. The first-order valence-electron chi connectivity index (χ1n) is 6.68. The topological polar surface area (TPSA) is 99.7 Å². The Morgan fingerprint density at radius 3 is 2.50 bits per heavy atom. The third kappa shape index (κ3) is 4.19. The van der Waals surface area contributed by atoms with Crippen molar-refractivity contribution in [3.63, 3.8) is 0 Å². The van der Waals surface area contributed by atoms with Crippen LogP contribution in [0.1, 0.15) is 27.7 Å². The van der Waals surface area contributed by atoms with Gasteiger partial charge in [0.15, 0.2) is 0 Å². The molecule has 1 aromatic heterocycles. The van der Waals surface area contributed by atoms with Gasteiger partial charge in [-0.3, -0.25) is 9.69 Å². The van der Waals surface area contributed by atoms with Crippen LogP contribution in [0.4, 0.5) is 5.00 Å². The molecular weight excluding hydrogens is 304 g/mol. The number of carbonyl (C=O) groups excluding carboxylic acids is 2. The largest absolute Gasteiger partial charge is 0.462 e. The van der Waals surface area contributed by atoms with Gasteiger partial charge in [-0.1, -0.05) is 0 Å². The van der Waals surface area contributed by atoms with E-state index >= 15 is 0 Å². The number of esters is 1. The summed E-state index contributed by atoms with van der Waals surface area (Å²) >= 11 is 1.04. The Labute approximate surface area is 133 Å². The molecule has 8 heteroatoms. The lowest BCUT2D eigenvalue weighted by atomic mass is 10.1. The molecule has 0 aromatic carbocycles. The average molecular weight is 324 g/mol. The number of nitrogen functional groups attached to an aromatic ring is 1. The summed E-state index contributed by atoms with van der Waals surface area (Å²) in [5, 5.41) is 9.52. The summed E-state index contributed by atoms with van der Waals surface area (Å²) in [6.45, 7) is 2.40. The maximum absolute atomic E-state index is 12.0. The number of carbonyl (C=O) groups is 2. The van der Waals surface area contributed by atoms with E-state index in [1.54, 1.807) is 33.0 Å². The van der Waals surface area contributed by atoms with E-state index in [9.17, 15) is 14.9 Å². The molecule has 0 saturated heterocycles. The maximum atomic E-state index is 12.0. The van der Waals surface area contributed by atoms with Crippen molar-refractivity contribution >= 4 is 28.2 Å². The lowest BCUT2D eigenvalue weighted by molar-refractivity contribution is -0.129. The van der Waals surface area contributed by atoms with Crippen LogP contribution in [-0.4, -0.2) is 56.0 Å². The predicted molar refractivity (Wildman–Crippen MR) is 84.4 cm³/mol. The van der Waals surface area contributed by atoms with Gasteiger partial charge in [-0.05, 0) is 14.0 Å². The van der Waals surface area contributed by atoms with Gasteiger partial charge in [-0.25, -0.2) is 4.79 Å². The molecular formula is C14H20N4O3S. The Kier molecular flexibility index (Phi) is 6.34. The molecule has 0 aliphatic heterocycles. The summed E-state index contributed by atoms with van der Waals surface area (Å²) in [6, 6.07) is 2.02. The van der Waals surface area contributed by atoms with Gasteiger partial charge in [-0.15, -0.1) is 11.3 Å². The first-order chi connectivity index (χ1) is 10.3. The van der Waals surface area contributed by atoms with E-state index in [0.29, 0.717) is 10.4 Å². The van der Waals surface area contributed by atoms with Crippen LogP contribution >= 0.6 is 11.3 Å². The fourth-order valence-electron chi connectivity index (χ4n) is 1.82. The highest BCUT2D eigenvalue weighted by Crippen LogP contribution is 2.32. The van der Waals surface area contributed by atoms with E-state index in [4.69, 9.17) is 10.5 Å². The van der Waals surface area contributed by atoms with Crippen LogP contribution < -0.4 is 5.73 Å².